The highest BCUT2D eigenvalue weighted by molar-refractivity contribution is 6.17. The van der Waals surface area contributed by atoms with Gasteiger partial charge in [0.15, 0.2) is 0 Å². The van der Waals surface area contributed by atoms with Crippen molar-refractivity contribution in [1.82, 2.24) is 5.16 Å². The molecule has 1 aromatic rings. The fourth-order valence-electron chi connectivity index (χ4n) is 1.07. The normalized spacial score (nSPS) is 15.3. The summed E-state index contributed by atoms with van der Waals surface area (Å²) >= 11 is 5.73. The summed E-state index contributed by atoms with van der Waals surface area (Å²) < 4.78 is 17.6. The van der Waals surface area contributed by atoms with Crippen molar-refractivity contribution in [3.8, 4) is 5.88 Å². The van der Waals surface area contributed by atoms with Crippen LogP contribution in [0, 0.1) is 0 Å². The molecular weight excluding hydrogens is 190 g/mol. The Morgan fingerprint density at radius 1 is 1.62 bits per heavy atom. The molecular formula is C9H14ClNO2. The Morgan fingerprint density at radius 2 is 2.23 bits per heavy atom. The van der Waals surface area contributed by atoms with E-state index in [1.165, 1.54) is 7.11 Å². The van der Waals surface area contributed by atoms with Gasteiger partial charge in [-0.15, -0.1) is 11.6 Å². The molecule has 74 valence electrons. The highest BCUT2D eigenvalue weighted by Crippen LogP contribution is 2.32. The minimum atomic E-state index is -0.912. The first-order chi connectivity index (χ1) is 6.38. The largest absolute Gasteiger partial charge is 0.479 e. The molecule has 0 aromatic carbocycles. The van der Waals surface area contributed by atoms with E-state index in [4.69, 9.17) is 22.2 Å². The van der Waals surface area contributed by atoms with Crippen molar-refractivity contribution in [2.45, 2.75) is 32.0 Å². The lowest BCUT2D eigenvalue weighted by atomic mass is 9.91. The zero-order chi connectivity index (χ0) is 10.9. The van der Waals surface area contributed by atoms with Crippen LogP contribution in [0.3, 0.4) is 0 Å². The summed E-state index contributed by atoms with van der Waals surface area (Å²) in [6.07, 6.45) is 0. The first-order valence-electron chi connectivity index (χ1n) is 4.56. The summed E-state index contributed by atoms with van der Waals surface area (Å²) in [5.41, 5.74) is 0.287. The molecule has 0 N–H and O–H groups in total. The summed E-state index contributed by atoms with van der Waals surface area (Å²) in [4.78, 5) is 0. The van der Waals surface area contributed by atoms with Crippen molar-refractivity contribution in [1.29, 1.82) is 0 Å². The van der Waals surface area contributed by atoms with Crippen LogP contribution in [0.25, 0.3) is 0 Å². The van der Waals surface area contributed by atoms with E-state index in [9.17, 15) is 0 Å². The van der Waals surface area contributed by atoms with Gasteiger partial charge in [0, 0.05) is 6.79 Å². The zero-order valence-electron chi connectivity index (χ0n) is 9.22. The smallest absolute Gasteiger partial charge is 0.258 e. The average molecular weight is 206 g/mol. The van der Waals surface area contributed by atoms with Crippen LogP contribution in [0.15, 0.2) is 4.52 Å². The third-order valence-electron chi connectivity index (χ3n) is 1.68. The van der Waals surface area contributed by atoms with E-state index in [0.29, 0.717) is 17.2 Å². The Morgan fingerprint density at radius 3 is 2.62 bits per heavy atom. The highest BCUT2D eigenvalue weighted by atomic mass is 35.5. The molecule has 4 heteroatoms. The maximum absolute atomic E-state index is 7.49. The number of halogens is 1. The molecule has 0 aliphatic rings. The van der Waals surface area contributed by atoms with Gasteiger partial charge < -0.3 is 9.26 Å². The molecule has 0 aliphatic heterocycles. The molecule has 0 spiro atoms. The van der Waals surface area contributed by atoms with Crippen molar-refractivity contribution in [2.24, 2.45) is 0 Å². The number of alkyl halides is 1. The van der Waals surface area contributed by atoms with Crippen LogP contribution in [-0.4, -0.2) is 12.3 Å². The number of hydrogen-bond acceptors (Lipinski definition) is 3. The highest BCUT2D eigenvalue weighted by Gasteiger charge is 2.26. The summed E-state index contributed by atoms with van der Waals surface area (Å²) in [6, 6.07) is 0. The van der Waals surface area contributed by atoms with Gasteiger partial charge in [0.1, 0.15) is 5.76 Å². The van der Waals surface area contributed by atoms with Crippen molar-refractivity contribution < 1.29 is 10.6 Å². The van der Waals surface area contributed by atoms with Crippen LogP contribution in [0.4, 0.5) is 0 Å². The predicted molar refractivity (Wildman–Crippen MR) is 51.3 cm³/mol. The van der Waals surface area contributed by atoms with Crippen LogP contribution in [-0.2, 0) is 11.3 Å². The second-order valence-electron chi connectivity index (χ2n) is 3.79. The zero-order valence-corrected chi connectivity index (χ0v) is 8.97. The monoisotopic (exact) mass is 205 g/mol. The number of hydrogen-bond donors (Lipinski definition) is 0. The number of ether oxygens (including phenoxy) is 1. The molecule has 0 saturated carbocycles. The fourth-order valence-corrected chi connectivity index (χ4v) is 1.26. The first-order valence-corrected chi connectivity index (χ1v) is 4.42. The number of nitrogens with zero attached hydrogens (tertiary/aromatic N) is 1. The van der Waals surface area contributed by atoms with Crippen molar-refractivity contribution in [2.75, 3.05) is 7.11 Å². The van der Waals surface area contributed by atoms with E-state index in [-0.39, 0.29) is 5.41 Å². The molecule has 0 radical (unpaired) electrons. The molecule has 1 rings (SSSR count). The van der Waals surface area contributed by atoms with E-state index in [0.717, 1.165) is 0 Å². The molecule has 1 heterocycles. The van der Waals surface area contributed by atoms with Crippen LogP contribution in [0.5, 0.6) is 5.88 Å². The van der Waals surface area contributed by atoms with Crippen LogP contribution in [0.2, 0.25) is 0 Å². The molecule has 0 fully saturated rings. The lowest BCUT2D eigenvalue weighted by Crippen LogP contribution is -2.12. The maximum atomic E-state index is 7.49. The third-order valence-corrected chi connectivity index (χ3v) is 1.90. The van der Waals surface area contributed by atoms with Crippen LogP contribution in [0.1, 0.15) is 33.5 Å². The molecule has 0 amide bonds. The molecule has 13 heavy (non-hydrogen) atoms. The van der Waals surface area contributed by atoms with Gasteiger partial charge in [-0.3, -0.25) is 0 Å². The Kier molecular flexibility index (Phi) is 2.44. The van der Waals surface area contributed by atoms with E-state index in [1.54, 1.807) is 0 Å². The minimum absolute atomic E-state index is 0.229. The van der Waals surface area contributed by atoms with Gasteiger partial charge in [-0.05, 0) is 5.16 Å². The quantitative estimate of drug-likeness (QED) is 0.697. The molecule has 1 aromatic heterocycles. The van der Waals surface area contributed by atoms with Gasteiger partial charge >= 0.3 is 0 Å². The van der Waals surface area contributed by atoms with Crippen LogP contribution < -0.4 is 4.74 Å². The predicted octanol–water partition coefficient (Wildman–Crippen LogP) is 2.72. The first kappa shape index (κ1) is 8.88. The summed E-state index contributed by atoms with van der Waals surface area (Å²) in [5, 5.41) is 3.72. The lowest BCUT2D eigenvalue weighted by Gasteiger charge is -2.14. The number of aromatic nitrogens is 1. The van der Waals surface area contributed by atoms with E-state index in [2.05, 4.69) is 5.16 Å². The number of methoxy groups -OCH3 is 1. The molecule has 0 saturated heterocycles. The van der Waals surface area contributed by atoms with E-state index < -0.39 is 5.86 Å². The third kappa shape index (κ3) is 1.97. The van der Waals surface area contributed by atoms with E-state index in [1.807, 2.05) is 20.8 Å². The minimum Gasteiger partial charge on any atom is -0.479 e. The molecule has 0 bridgehead atoms. The van der Waals surface area contributed by atoms with Gasteiger partial charge in [0.2, 0.25) is 0 Å². The number of rotatable bonds is 2. The van der Waals surface area contributed by atoms with Crippen molar-refractivity contribution in [3.05, 3.63) is 11.3 Å². The Labute approximate surface area is 84.4 Å². The molecule has 3 nitrogen and oxygen atoms in total. The standard InChI is InChI=1S/C9H14ClNO2/c1-9(2,3)7-6(5-10)8(12-4)11-13-7/h5H2,1-4H3/i5T. The van der Waals surface area contributed by atoms with Gasteiger partial charge in [-0.1, -0.05) is 20.8 Å². The summed E-state index contributed by atoms with van der Waals surface area (Å²) in [5.74, 6) is -0.0142. The SMILES string of the molecule is [3H]C(Cl)c1c(OC)noc1C(C)(C)C. The van der Waals surface area contributed by atoms with Crippen molar-refractivity contribution in [3.63, 3.8) is 0 Å². The van der Waals surface area contributed by atoms with Crippen LogP contribution >= 0.6 is 11.6 Å². The van der Waals surface area contributed by atoms with Gasteiger partial charge in [-0.25, -0.2) is 0 Å². The fraction of sp³-hybridized carbons (Fsp3) is 0.667. The van der Waals surface area contributed by atoms with Gasteiger partial charge in [0.05, 0.1) is 18.5 Å². The van der Waals surface area contributed by atoms with Gasteiger partial charge in [0.25, 0.3) is 5.88 Å². The second kappa shape index (κ2) is 3.58. The average Bonchev–Trinajstić information content (AvgIpc) is 2.45. The molecule has 0 aliphatic carbocycles. The van der Waals surface area contributed by atoms with Crippen molar-refractivity contribution >= 4 is 11.6 Å². The maximum Gasteiger partial charge on any atom is 0.258 e. The summed E-state index contributed by atoms with van der Waals surface area (Å²) in [6.45, 7) is 5.90. The Bertz CT molecular complexity index is 317. The second-order valence-corrected chi connectivity index (χ2v) is 4.01. The molecule has 1 atom stereocenters. The Hall–Kier alpha value is -0.700. The lowest BCUT2D eigenvalue weighted by molar-refractivity contribution is 0.301. The van der Waals surface area contributed by atoms with Gasteiger partial charge in [-0.2, -0.15) is 0 Å². The molecule has 1 unspecified atom stereocenters. The Balaban J connectivity index is 3.25. The summed E-state index contributed by atoms with van der Waals surface area (Å²) in [7, 11) is 1.48. The van der Waals surface area contributed by atoms with E-state index >= 15 is 0 Å². The topological polar surface area (TPSA) is 35.3 Å².